The molecule has 0 amide bonds. The molecule has 0 aliphatic rings. The number of carbonyl (C=O) groups is 1. The van der Waals surface area contributed by atoms with Gasteiger partial charge >= 0.3 is 13.6 Å². The van der Waals surface area contributed by atoms with Crippen LogP contribution in [0.15, 0.2) is 0 Å². The van der Waals surface area contributed by atoms with Crippen LogP contribution >= 0.6 is 7.60 Å². The van der Waals surface area contributed by atoms with E-state index in [1.807, 2.05) is 0 Å². The molecule has 0 aliphatic carbocycles. The molecule has 0 saturated heterocycles. The molecule has 19 heavy (non-hydrogen) atoms. The van der Waals surface area contributed by atoms with Crippen molar-refractivity contribution in [2.75, 3.05) is 26.5 Å². The van der Waals surface area contributed by atoms with Gasteiger partial charge in [0, 0.05) is 0 Å². The highest BCUT2D eigenvalue weighted by molar-refractivity contribution is 7.53. The number of hydrogen-bond donors (Lipinski definition) is 1. The second-order valence-corrected chi connectivity index (χ2v) is 6.60. The van der Waals surface area contributed by atoms with Crippen molar-refractivity contribution in [3.8, 4) is 0 Å². The lowest BCUT2D eigenvalue weighted by molar-refractivity contribution is -0.149. The standard InChI is InChI=1S/C12H25O6P/c1-6-17-19(15,18-7-2)8-10(12(14)16-5)11(13)9(3)4/h9-11,13H,6-8H2,1-5H3/t10-,11+/m0/s1. The van der Waals surface area contributed by atoms with Gasteiger partial charge in [0.1, 0.15) is 0 Å². The molecule has 0 aromatic heterocycles. The maximum absolute atomic E-state index is 12.4. The second kappa shape index (κ2) is 8.69. The van der Waals surface area contributed by atoms with Gasteiger partial charge in [-0.15, -0.1) is 0 Å². The summed E-state index contributed by atoms with van der Waals surface area (Å²) in [5.41, 5.74) is 0. The van der Waals surface area contributed by atoms with Crippen molar-refractivity contribution in [3.63, 3.8) is 0 Å². The van der Waals surface area contributed by atoms with E-state index in [9.17, 15) is 14.5 Å². The fourth-order valence-corrected chi connectivity index (χ4v) is 3.63. The van der Waals surface area contributed by atoms with E-state index in [0.717, 1.165) is 0 Å². The fourth-order valence-electron chi connectivity index (χ4n) is 1.71. The topological polar surface area (TPSA) is 82.1 Å². The Labute approximate surface area is 115 Å². The Bertz CT molecular complexity index is 307. The molecule has 0 heterocycles. The van der Waals surface area contributed by atoms with Crippen molar-refractivity contribution < 1.29 is 28.3 Å². The van der Waals surface area contributed by atoms with Crippen molar-refractivity contribution in [2.24, 2.45) is 11.8 Å². The normalized spacial score (nSPS) is 15.3. The van der Waals surface area contributed by atoms with Gasteiger partial charge in [0.15, 0.2) is 0 Å². The molecule has 0 saturated carbocycles. The first-order valence-electron chi connectivity index (χ1n) is 6.45. The summed E-state index contributed by atoms with van der Waals surface area (Å²) >= 11 is 0. The minimum absolute atomic E-state index is 0.166. The van der Waals surface area contributed by atoms with Gasteiger partial charge in [0.05, 0.1) is 38.5 Å². The Hall–Kier alpha value is -0.420. The largest absolute Gasteiger partial charge is 0.469 e. The summed E-state index contributed by atoms with van der Waals surface area (Å²) in [5, 5.41) is 10.1. The molecule has 0 aromatic carbocycles. The minimum Gasteiger partial charge on any atom is -0.469 e. The average molecular weight is 296 g/mol. The van der Waals surface area contributed by atoms with E-state index in [1.165, 1.54) is 7.11 Å². The number of ether oxygens (including phenoxy) is 1. The highest BCUT2D eigenvalue weighted by Gasteiger charge is 2.38. The number of hydrogen-bond acceptors (Lipinski definition) is 6. The molecule has 0 rings (SSSR count). The highest BCUT2D eigenvalue weighted by Crippen LogP contribution is 2.50. The monoisotopic (exact) mass is 296 g/mol. The lowest BCUT2D eigenvalue weighted by Gasteiger charge is -2.26. The maximum Gasteiger partial charge on any atom is 0.331 e. The molecular formula is C12H25O6P. The number of methoxy groups -OCH3 is 1. The van der Waals surface area contributed by atoms with Gasteiger partial charge in [0.25, 0.3) is 0 Å². The predicted molar refractivity (Wildman–Crippen MR) is 72.1 cm³/mol. The second-order valence-electron chi connectivity index (χ2n) is 4.49. The lowest BCUT2D eigenvalue weighted by atomic mass is 9.95. The van der Waals surface area contributed by atoms with Crippen molar-refractivity contribution in [1.82, 2.24) is 0 Å². The first-order valence-corrected chi connectivity index (χ1v) is 8.18. The number of aliphatic hydroxyl groups is 1. The minimum atomic E-state index is -3.40. The molecular weight excluding hydrogens is 271 g/mol. The van der Waals surface area contributed by atoms with Crippen molar-refractivity contribution >= 4 is 13.6 Å². The highest BCUT2D eigenvalue weighted by atomic mass is 31.2. The van der Waals surface area contributed by atoms with Crippen LogP contribution in [0.25, 0.3) is 0 Å². The van der Waals surface area contributed by atoms with E-state index in [2.05, 4.69) is 4.74 Å². The molecule has 7 heteroatoms. The van der Waals surface area contributed by atoms with Crippen LogP contribution in [0.3, 0.4) is 0 Å². The molecule has 0 radical (unpaired) electrons. The van der Waals surface area contributed by atoms with Crippen LogP contribution in [0.1, 0.15) is 27.7 Å². The molecule has 0 unspecified atom stereocenters. The van der Waals surface area contributed by atoms with Crippen LogP contribution in [-0.2, 0) is 23.1 Å². The quantitative estimate of drug-likeness (QED) is 0.518. The summed E-state index contributed by atoms with van der Waals surface area (Å²) < 4.78 is 27.3. The van der Waals surface area contributed by atoms with Crippen LogP contribution in [0.4, 0.5) is 0 Å². The third kappa shape index (κ3) is 6.04. The maximum atomic E-state index is 12.4. The zero-order chi connectivity index (χ0) is 15.1. The van der Waals surface area contributed by atoms with Crippen molar-refractivity contribution in [2.45, 2.75) is 33.8 Å². The van der Waals surface area contributed by atoms with Gasteiger partial charge in [-0.25, -0.2) is 0 Å². The molecule has 0 aliphatic heterocycles. The Morgan fingerprint density at radius 1 is 1.21 bits per heavy atom. The van der Waals surface area contributed by atoms with Gasteiger partial charge in [0.2, 0.25) is 0 Å². The van der Waals surface area contributed by atoms with Gasteiger partial charge in [-0.05, 0) is 19.8 Å². The number of rotatable bonds is 9. The van der Waals surface area contributed by atoms with Crippen LogP contribution in [0, 0.1) is 11.8 Å². The number of carbonyl (C=O) groups excluding carboxylic acids is 1. The fraction of sp³-hybridized carbons (Fsp3) is 0.917. The van der Waals surface area contributed by atoms with E-state index in [4.69, 9.17) is 9.05 Å². The summed E-state index contributed by atoms with van der Waals surface area (Å²) in [6, 6.07) is 0. The smallest absolute Gasteiger partial charge is 0.331 e. The average Bonchev–Trinajstić information content (AvgIpc) is 2.34. The molecule has 6 nitrogen and oxygen atoms in total. The Kier molecular flexibility index (Phi) is 8.50. The summed E-state index contributed by atoms with van der Waals surface area (Å²) in [6.45, 7) is 7.35. The van der Waals surface area contributed by atoms with Crippen LogP contribution in [0.2, 0.25) is 0 Å². The van der Waals surface area contributed by atoms with Gasteiger partial charge < -0.3 is 18.9 Å². The third-order valence-corrected chi connectivity index (χ3v) is 4.81. The van der Waals surface area contributed by atoms with Crippen molar-refractivity contribution in [3.05, 3.63) is 0 Å². The van der Waals surface area contributed by atoms with E-state index < -0.39 is 25.6 Å². The predicted octanol–water partition coefficient (Wildman–Crippen LogP) is 2.06. The Morgan fingerprint density at radius 2 is 1.68 bits per heavy atom. The van der Waals surface area contributed by atoms with Gasteiger partial charge in [-0.1, -0.05) is 13.8 Å². The summed E-state index contributed by atoms with van der Waals surface area (Å²) in [6.07, 6.45) is -1.14. The number of aliphatic hydroxyl groups excluding tert-OH is 1. The van der Waals surface area contributed by atoms with E-state index in [0.29, 0.717) is 0 Å². The van der Waals surface area contributed by atoms with E-state index >= 15 is 0 Å². The van der Waals surface area contributed by atoms with Crippen LogP contribution in [-0.4, -0.2) is 43.7 Å². The zero-order valence-corrected chi connectivity index (χ0v) is 13.2. The van der Waals surface area contributed by atoms with Gasteiger partial charge in [-0.2, -0.15) is 0 Å². The first-order chi connectivity index (χ1) is 8.81. The summed E-state index contributed by atoms with van der Waals surface area (Å²) in [5.74, 6) is -1.70. The Morgan fingerprint density at radius 3 is 2.00 bits per heavy atom. The SMILES string of the molecule is CCOP(=O)(C[C@H](C(=O)OC)[C@H](O)C(C)C)OCC. The van der Waals surface area contributed by atoms with E-state index in [-0.39, 0.29) is 25.3 Å². The lowest BCUT2D eigenvalue weighted by Crippen LogP contribution is -2.36. The molecule has 2 atom stereocenters. The van der Waals surface area contributed by atoms with E-state index in [1.54, 1.807) is 27.7 Å². The molecule has 0 spiro atoms. The first kappa shape index (κ1) is 18.6. The van der Waals surface area contributed by atoms with Gasteiger partial charge in [-0.3, -0.25) is 9.36 Å². The third-order valence-electron chi connectivity index (χ3n) is 2.67. The zero-order valence-electron chi connectivity index (χ0n) is 12.3. The molecule has 1 N–H and O–H groups in total. The van der Waals surface area contributed by atoms with Crippen LogP contribution in [0.5, 0.6) is 0 Å². The Balaban J connectivity index is 5.06. The van der Waals surface area contributed by atoms with Crippen molar-refractivity contribution in [1.29, 1.82) is 0 Å². The summed E-state index contributed by atoms with van der Waals surface area (Å²) in [7, 11) is -2.17. The molecule has 0 aromatic rings. The summed E-state index contributed by atoms with van der Waals surface area (Å²) in [4.78, 5) is 11.7. The molecule has 0 bridgehead atoms. The molecule has 0 fully saturated rings. The number of esters is 1. The molecule has 114 valence electrons. The van der Waals surface area contributed by atoms with Crippen LogP contribution < -0.4 is 0 Å².